The Hall–Kier alpha value is -2.01. The molecule has 3 rings (SSSR count). The van der Waals surface area contributed by atoms with E-state index in [1.165, 1.54) is 23.9 Å². The van der Waals surface area contributed by atoms with Crippen LogP contribution in [0.15, 0.2) is 47.6 Å². The number of anilines is 1. The second-order valence-electron chi connectivity index (χ2n) is 4.19. The monoisotopic (exact) mass is 273 g/mol. The van der Waals surface area contributed by atoms with Crippen LogP contribution in [0, 0.1) is 5.82 Å². The SMILES string of the molecule is Nc1ccc(F)cc1CSc1nc2ccccc2[nH]1. The van der Waals surface area contributed by atoms with Gasteiger partial charge in [0, 0.05) is 11.4 Å². The molecule has 3 aromatic rings. The lowest BCUT2D eigenvalue weighted by Gasteiger charge is -2.03. The average Bonchev–Trinajstić information content (AvgIpc) is 2.82. The third-order valence-electron chi connectivity index (χ3n) is 2.84. The molecule has 0 fully saturated rings. The largest absolute Gasteiger partial charge is 0.398 e. The Balaban J connectivity index is 1.80. The van der Waals surface area contributed by atoms with E-state index in [2.05, 4.69) is 9.97 Å². The van der Waals surface area contributed by atoms with Crippen molar-refractivity contribution in [1.29, 1.82) is 0 Å². The molecule has 0 aliphatic carbocycles. The molecule has 19 heavy (non-hydrogen) atoms. The van der Waals surface area contributed by atoms with Crippen molar-refractivity contribution >= 4 is 28.5 Å². The van der Waals surface area contributed by atoms with Crippen LogP contribution in [-0.4, -0.2) is 9.97 Å². The summed E-state index contributed by atoms with van der Waals surface area (Å²) >= 11 is 1.51. The van der Waals surface area contributed by atoms with Crippen molar-refractivity contribution < 1.29 is 4.39 Å². The highest BCUT2D eigenvalue weighted by molar-refractivity contribution is 7.98. The van der Waals surface area contributed by atoms with Gasteiger partial charge in [0.15, 0.2) is 5.16 Å². The molecule has 0 bridgehead atoms. The second-order valence-corrected chi connectivity index (χ2v) is 5.15. The molecule has 0 unspecified atom stereocenters. The molecule has 96 valence electrons. The molecule has 5 heteroatoms. The fourth-order valence-electron chi connectivity index (χ4n) is 1.84. The number of hydrogen-bond acceptors (Lipinski definition) is 3. The molecule has 0 saturated heterocycles. The summed E-state index contributed by atoms with van der Waals surface area (Å²) in [5, 5.41) is 0.810. The lowest BCUT2D eigenvalue weighted by molar-refractivity contribution is 0.627. The van der Waals surface area contributed by atoms with E-state index in [4.69, 9.17) is 5.73 Å². The maximum Gasteiger partial charge on any atom is 0.166 e. The topological polar surface area (TPSA) is 54.7 Å². The number of rotatable bonds is 3. The van der Waals surface area contributed by atoms with Crippen molar-refractivity contribution in [2.24, 2.45) is 0 Å². The Kier molecular flexibility index (Phi) is 3.13. The molecule has 3 nitrogen and oxygen atoms in total. The van der Waals surface area contributed by atoms with E-state index in [0.717, 1.165) is 21.8 Å². The van der Waals surface area contributed by atoms with E-state index in [1.807, 2.05) is 24.3 Å². The number of nitrogens with zero attached hydrogens (tertiary/aromatic N) is 1. The molecule has 0 aliphatic heterocycles. The van der Waals surface area contributed by atoms with Crippen molar-refractivity contribution in [3.63, 3.8) is 0 Å². The van der Waals surface area contributed by atoms with Gasteiger partial charge in [-0.1, -0.05) is 23.9 Å². The summed E-state index contributed by atoms with van der Waals surface area (Å²) in [7, 11) is 0. The van der Waals surface area contributed by atoms with E-state index in [1.54, 1.807) is 6.07 Å². The number of para-hydroxylation sites is 2. The predicted octanol–water partition coefficient (Wildman–Crippen LogP) is 3.58. The summed E-state index contributed by atoms with van der Waals surface area (Å²) in [6.45, 7) is 0. The first-order chi connectivity index (χ1) is 9.22. The zero-order valence-corrected chi connectivity index (χ0v) is 10.9. The molecule has 3 N–H and O–H groups in total. The van der Waals surface area contributed by atoms with Gasteiger partial charge in [0.1, 0.15) is 5.82 Å². The second kappa shape index (κ2) is 4.93. The fourth-order valence-corrected chi connectivity index (χ4v) is 2.73. The summed E-state index contributed by atoms with van der Waals surface area (Å²) in [6, 6.07) is 12.2. The highest BCUT2D eigenvalue weighted by atomic mass is 32.2. The normalized spacial score (nSPS) is 11.0. The van der Waals surface area contributed by atoms with Crippen LogP contribution in [0.1, 0.15) is 5.56 Å². The van der Waals surface area contributed by atoms with Gasteiger partial charge in [-0.3, -0.25) is 0 Å². The van der Waals surface area contributed by atoms with Gasteiger partial charge in [-0.25, -0.2) is 9.37 Å². The van der Waals surface area contributed by atoms with Gasteiger partial charge in [0.25, 0.3) is 0 Å². The summed E-state index contributed by atoms with van der Waals surface area (Å²) in [4.78, 5) is 7.67. The van der Waals surface area contributed by atoms with Gasteiger partial charge >= 0.3 is 0 Å². The van der Waals surface area contributed by atoms with E-state index in [-0.39, 0.29) is 5.82 Å². The van der Waals surface area contributed by atoms with Gasteiger partial charge in [-0.2, -0.15) is 0 Å². The van der Waals surface area contributed by atoms with Crippen LogP contribution in [0.3, 0.4) is 0 Å². The highest BCUT2D eigenvalue weighted by Crippen LogP contribution is 2.25. The lowest BCUT2D eigenvalue weighted by atomic mass is 10.2. The van der Waals surface area contributed by atoms with Gasteiger partial charge in [0.05, 0.1) is 11.0 Å². The number of nitrogens with one attached hydrogen (secondary N) is 1. The Bertz CT molecular complexity index is 691. The third kappa shape index (κ3) is 2.56. The number of aromatic nitrogens is 2. The van der Waals surface area contributed by atoms with E-state index in [0.29, 0.717) is 11.4 Å². The number of H-pyrrole nitrogens is 1. The molecule has 0 saturated carbocycles. The van der Waals surface area contributed by atoms with Crippen LogP contribution < -0.4 is 5.73 Å². The first-order valence-corrected chi connectivity index (χ1v) is 6.82. The number of fused-ring (bicyclic) bond motifs is 1. The minimum atomic E-state index is -0.269. The number of nitrogen functional groups attached to an aromatic ring is 1. The summed E-state index contributed by atoms with van der Waals surface area (Å²) in [6.07, 6.45) is 0. The Morgan fingerprint density at radius 2 is 2.05 bits per heavy atom. The lowest BCUT2D eigenvalue weighted by Crippen LogP contribution is -1.93. The number of halogens is 1. The van der Waals surface area contributed by atoms with Crippen molar-refractivity contribution in [3.8, 4) is 0 Å². The first kappa shape index (κ1) is 12.0. The zero-order valence-electron chi connectivity index (χ0n) is 10.1. The van der Waals surface area contributed by atoms with Crippen LogP contribution in [0.4, 0.5) is 10.1 Å². The van der Waals surface area contributed by atoms with Crippen LogP contribution >= 0.6 is 11.8 Å². The molecule has 0 spiro atoms. The number of imidazole rings is 1. The minimum absolute atomic E-state index is 0.269. The summed E-state index contributed by atoms with van der Waals surface area (Å²) in [5.41, 5.74) is 9.13. The van der Waals surface area contributed by atoms with Gasteiger partial charge < -0.3 is 10.7 Å². The molecular formula is C14H12FN3S. The quantitative estimate of drug-likeness (QED) is 0.566. The summed E-state index contributed by atoms with van der Waals surface area (Å²) < 4.78 is 13.2. The van der Waals surface area contributed by atoms with Crippen molar-refractivity contribution in [1.82, 2.24) is 9.97 Å². The molecule has 1 aromatic heterocycles. The Morgan fingerprint density at radius 1 is 1.21 bits per heavy atom. The van der Waals surface area contributed by atoms with Gasteiger partial charge in [-0.05, 0) is 35.9 Å². The van der Waals surface area contributed by atoms with Crippen LogP contribution in [-0.2, 0) is 5.75 Å². The number of nitrogens with two attached hydrogens (primary N) is 1. The maximum atomic E-state index is 13.2. The molecule has 0 aliphatic rings. The Labute approximate surface area is 114 Å². The van der Waals surface area contributed by atoms with E-state index in [9.17, 15) is 4.39 Å². The molecule has 0 atom stereocenters. The minimum Gasteiger partial charge on any atom is -0.398 e. The molecular weight excluding hydrogens is 261 g/mol. The molecule has 1 heterocycles. The number of benzene rings is 2. The predicted molar refractivity (Wildman–Crippen MR) is 76.5 cm³/mol. The number of thioether (sulfide) groups is 1. The maximum absolute atomic E-state index is 13.2. The van der Waals surface area contributed by atoms with Crippen molar-refractivity contribution in [3.05, 3.63) is 53.8 Å². The molecule has 0 radical (unpaired) electrons. The summed E-state index contributed by atoms with van der Waals surface area (Å²) in [5.74, 6) is 0.318. The van der Waals surface area contributed by atoms with E-state index < -0.39 is 0 Å². The van der Waals surface area contributed by atoms with Crippen LogP contribution in [0.2, 0.25) is 0 Å². The molecule has 0 amide bonds. The van der Waals surface area contributed by atoms with Crippen LogP contribution in [0.25, 0.3) is 11.0 Å². The first-order valence-electron chi connectivity index (χ1n) is 5.84. The Morgan fingerprint density at radius 3 is 2.89 bits per heavy atom. The average molecular weight is 273 g/mol. The smallest absolute Gasteiger partial charge is 0.166 e. The number of aromatic amines is 1. The van der Waals surface area contributed by atoms with Gasteiger partial charge in [-0.15, -0.1) is 0 Å². The van der Waals surface area contributed by atoms with Crippen molar-refractivity contribution in [2.45, 2.75) is 10.9 Å². The fraction of sp³-hybridized carbons (Fsp3) is 0.0714. The number of hydrogen-bond donors (Lipinski definition) is 2. The highest BCUT2D eigenvalue weighted by Gasteiger charge is 2.06. The zero-order chi connectivity index (χ0) is 13.2. The molecule has 2 aromatic carbocycles. The van der Waals surface area contributed by atoms with Gasteiger partial charge in [0.2, 0.25) is 0 Å². The third-order valence-corrected chi connectivity index (χ3v) is 3.76. The van der Waals surface area contributed by atoms with Crippen molar-refractivity contribution in [2.75, 3.05) is 5.73 Å². The van der Waals surface area contributed by atoms with Crippen LogP contribution in [0.5, 0.6) is 0 Å². The standard InChI is InChI=1S/C14H12FN3S/c15-10-5-6-11(16)9(7-10)8-19-14-17-12-3-1-2-4-13(12)18-14/h1-7H,8,16H2,(H,17,18). The van der Waals surface area contributed by atoms with E-state index >= 15 is 0 Å².